The highest BCUT2D eigenvalue weighted by atomic mass is 15.3. The molecule has 4 aromatic rings. The molecule has 96 valence electrons. The summed E-state index contributed by atoms with van der Waals surface area (Å²) in [7, 11) is 0. The van der Waals surface area contributed by atoms with E-state index >= 15 is 0 Å². The minimum atomic E-state index is 0.478. The van der Waals surface area contributed by atoms with Gasteiger partial charge in [0.2, 0.25) is 0 Å². The Morgan fingerprint density at radius 1 is 0.900 bits per heavy atom. The molecular weight excluding hydrogens is 248 g/mol. The number of rotatable bonds is 1. The molecule has 2 heterocycles. The second kappa shape index (κ2) is 4.06. The van der Waals surface area contributed by atoms with Crippen LogP contribution in [0.15, 0.2) is 60.8 Å². The maximum absolute atomic E-state index is 5.76. The van der Waals surface area contributed by atoms with E-state index in [1.54, 1.807) is 16.8 Å². The zero-order chi connectivity index (χ0) is 13.5. The average Bonchev–Trinajstić information content (AvgIpc) is 2.86. The SMILES string of the molecule is Nc1cc2nccc(-c3ccc4ccccc4c3)n2n1. The van der Waals surface area contributed by atoms with E-state index in [9.17, 15) is 0 Å². The van der Waals surface area contributed by atoms with E-state index in [0.717, 1.165) is 16.9 Å². The number of anilines is 1. The van der Waals surface area contributed by atoms with Gasteiger partial charge in [0, 0.05) is 17.8 Å². The largest absolute Gasteiger partial charge is 0.382 e. The van der Waals surface area contributed by atoms with Crippen LogP contribution in [-0.2, 0) is 0 Å². The van der Waals surface area contributed by atoms with Gasteiger partial charge in [-0.3, -0.25) is 0 Å². The third-order valence-corrected chi connectivity index (χ3v) is 3.42. The quantitative estimate of drug-likeness (QED) is 0.572. The Morgan fingerprint density at radius 3 is 2.65 bits per heavy atom. The Hall–Kier alpha value is -2.88. The third kappa shape index (κ3) is 1.62. The molecule has 4 rings (SSSR count). The van der Waals surface area contributed by atoms with Crippen molar-refractivity contribution in [3.05, 3.63) is 60.8 Å². The number of nitrogen functional groups attached to an aromatic ring is 1. The number of nitrogens with two attached hydrogens (primary N) is 1. The van der Waals surface area contributed by atoms with Crippen molar-refractivity contribution in [2.24, 2.45) is 0 Å². The molecule has 2 N–H and O–H groups in total. The first kappa shape index (κ1) is 11.0. The van der Waals surface area contributed by atoms with Gasteiger partial charge in [0.15, 0.2) is 5.65 Å². The normalized spacial score (nSPS) is 11.2. The first-order valence-electron chi connectivity index (χ1n) is 6.41. The summed E-state index contributed by atoms with van der Waals surface area (Å²) in [6.07, 6.45) is 1.78. The molecule has 0 saturated carbocycles. The van der Waals surface area contributed by atoms with Gasteiger partial charge in [-0.15, -0.1) is 5.10 Å². The van der Waals surface area contributed by atoms with Gasteiger partial charge in [0.25, 0.3) is 0 Å². The van der Waals surface area contributed by atoms with E-state index in [0.29, 0.717) is 5.82 Å². The highest BCUT2D eigenvalue weighted by molar-refractivity contribution is 5.87. The molecule has 0 aliphatic heterocycles. The smallest absolute Gasteiger partial charge is 0.157 e. The summed E-state index contributed by atoms with van der Waals surface area (Å²) in [4.78, 5) is 4.27. The summed E-state index contributed by atoms with van der Waals surface area (Å²) >= 11 is 0. The summed E-state index contributed by atoms with van der Waals surface area (Å²) in [5, 5.41) is 6.73. The van der Waals surface area contributed by atoms with E-state index < -0.39 is 0 Å². The molecule has 0 aliphatic carbocycles. The molecule has 20 heavy (non-hydrogen) atoms. The summed E-state index contributed by atoms with van der Waals surface area (Å²) in [6, 6.07) is 18.4. The minimum Gasteiger partial charge on any atom is -0.382 e. The number of nitrogens with zero attached hydrogens (tertiary/aromatic N) is 3. The van der Waals surface area contributed by atoms with Gasteiger partial charge < -0.3 is 5.73 Å². The fraction of sp³-hybridized carbons (Fsp3) is 0. The highest BCUT2D eigenvalue weighted by Gasteiger charge is 2.07. The van der Waals surface area contributed by atoms with Gasteiger partial charge >= 0.3 is 0 Å². The lowest BCUT2D eigenvalue weighted by Gasteiger charge is -2.06. The van der Waals surface area contributed by atoms with Crippen LogP contribution in [0.5, 0.6) is 0 Å². The van der Waals surface area contributed by atoms with Crippen molar-refractivity contribution >= 4 is 22.2 Å². The highest BCUT2D eigenvalue weighted by Crippen LogP contribution is 2.24. The monoisotopic (exact) mass is 260 g/mol. The van der Waals surface area contributed by atoms with Crippen LogP contribution in [0.1, 0.15) is 0 Å². The van der Waals surface area contributed by atoms with Crippen LogP contribution in [0.2, 0.25) is 0 Å². The van der Waals surface area contributed by atoms with Crippen LogP contribution >= 0.6 is 0 Å². The van der Waals surface area contributed by atoms with E-state index in [1.165, 1.54) is 10.8 Å². The van der Waals surface area contributed by atoms with Crippen LogP contribution in [0.3, 0.4) is 0 Å². The molecule has 0 spiro atoms. The number of benzene rings is 2. The Balaban J connectivity index is 2.00. The number of aromatic nitrogens is 3. The molecular formula is C16H12N4. The first-order chi connectivity index (χ1) is 9.81. The maximum Gasteiger partial charge on any atom is 0.157 e. The van der Waals surface area contributed by atoms with E-state index in [-0.39, 0.29) is 0 Å². The van der Waals surface area contributed by atoms with E-state index in [4.69, 9.17) is 5.73 Å². The first-order valence-corrected chi connectivity index (χ1v) is 6.41. The molecule has 2 aromatic carbocycles. The Bertz CT molecular complexity index is 924. The second-order valence-electron chi connectivity index (χ2n) is 4.73. The Labute approximate surface area is 115 Å². The molecule has 4 heteroatoms. The van der Waals surface area contributed by atoms with Crippen molar-refractivity contribution < 1.29 is 0 Å². The fourth-order valence-electron chi connectivity index (χ4n) is 2.48. The standard InChI is InChI=1S/C16H12N4/c17-15-10-16-18-8-7-14(20(16)19-15)13-6-5-11-3-1-2-4-12(11)9-13/h1-10H,(H2,17,19). The van der Waals surface area contributed by atoms with Gasteiger partial charge in [-0.05, 0) is 22.9 Å². The van der Waals surface area contributed by atoms with Gasteiger partial charge in [0.05, 0.1) is 5.69 Å². The van der Waals surface area contributed by atoms with Crippen molar-refractivity contribution in [3.8, 4) is 11.3 Å². The second-order valence-corrected chi connectivity index (χ2v) is 4.73. The van der Waals surface area contributed by atoms with Crippen molar-refractivity contribution in [2.75, 3.05) is 5.73 Å². The van der Waals surface area contributed by atoms with Crippen molar-refractivity contribution in [1.82, 2.24) is 14.6 Å². The summed E-state index contributed by atoms with van der Waals surface area (Å²) in [6.45, 7) is 0. The minimum absolute atomic E-state index is 0.478. The fourth-order valence-corrected chi connectivity index (χ4v) is 2.48. The van der Waals surface area contributed by atoms with Gasteiger partial charge in [0.1, 0.15) is 5.82 Å². The van der Waals surface area contributed by atoms with Crippen LogP contribution in [-0.4, -0.2) is 14.6 Å². The summed E-state index contributed by atoms with van der Waals surface area (Å²) < 4.78 is 1.78. The number of hydrogen-bond donors (Lipinski definition) is 1. The Morgan fingerprint density at radius 2 is 1.75 bits per heavy atom. The molecule has 4 nitrogen and oxygen atoms in total. The van der Waals surface area contributed by atoms with Crippen LogP contribution < -0.4 is 5.73 Å². The molecule has 0 saturated heterocycles. The lowest BCUT2D eigenvalue weighted by molar-refractivity contribution is 0.954. The lowest BCUT2D eigenvalue weighted by atomic mass is 10.1. The molecule has 2 aromatic heterocycles. The molecule has 0 unspecified atom stereocenters. The Kier molecular flexibility index (Phi) is 2.23. The molecule has 0 fully saturated rings. The third-order valence-electron chi connectivity index (χ3n) is 3.42. The van der Waals surface area contributed by atoms with Gasteiger partial charge in [-0.25, -0.2) is 9.50 Å². The van der Waals surface area contributed by atoms with Crippen molar-refractivity contribution in [3.63, 3.8) is 0 Å². The maximum atomic E-state index is 5.76. The van der Waals surface area contributed by atoms with Gasteiger partial charge in [-0.1, -0.05) is 36.4 Å². The predicted molar refractivity (Wildman–Crippen MR) is 80.3 cm³/mol. The van der Waals surface area contributed by atoms with Crippen molar-refractivity contribution in [2.45, 2.75) is 0 Å². The van der Waals surface area contributed by atoms with Crippen LogP contribution in [0, 0.1) is 0 Å². The zero-order valence-electron chi connectivity index (χ0n) is 10.7. The molecule has 0 aliphatic rings. The number of fused-ring (bicyclic) bond motifs is 2. The average molecular weight is 260 g/mol. The molecule has 0 atom stereocenters. The summed E-state index contributed by atoms with van der Waals surface area (Å²) in [5.74, 6) is 0.478. The molecule has 0 bridgehead atoms. The number of hydrogen-bond acceptors (Lipinski definition) is 3. The summed E-state index contributed by atoms with van der Waals surface area (Å²) in [5.41, 5.74) is 8.59. The van der Waals surface area contributed by atoms with Gasteiger partial charge in [-0.2, -0.15) is 0 Å². The molecule has 0 radical (unpaired) electrons. The van der Waals surface area contributed by atoms with E-state index in [1.807, 2.05) is 18.2 Å². The topological polar surface area (TPSA) is 56.2 Å². The molecule has 0 amide bonds. The van der Waals surface area contributed by atoms with Crippen molar-refractivity contribution in [1.29, 1.82) is 0 Å². The zero-order valence-corrected chi connectivity index (χ0v) is 10.7. The van der Waals surface area contributed by atoms with E-state index in [2.05, 4.69) is 40.4 Å². The van der Waals surface area contributed by atoms with Crippen LogP contribution in [0.25, 0.3) is 27.7 Å². The van der Waals surface area contributed by atoms with Crippen LogP contribution in [0.4, 0.5) is 5.82 Å². The predicted octanol–water partition coefficient (Wildman–Crippen LogP) is 3.13. The lowest BCUT2D eigenvalue weighted by Crippen LogP contribution is -1.96.